The van der Waals surface area contributed by atoms with Crippen molar-refractivity contribution in [3.05, 3.63) is 93.8 Å². The molecule has 10 nitrogen and oxygen atoms in total. The van der Waals surface area contributed by atoms with Crippen LogP contribution in [-0.2, 0) is 10.0 Å². The second-order valence-electron chi connectivity index (χ2n) is 6.28. The van der Waals surface area contributed by atoms with Crippen LogP contribution < -0.4 is 10.1 Å². The Morgan fingerprint density at radius 1 is 1.06 bits per heavy atom. The first-order valence-corrected chi connectivity index (χ1v) is 10.3. The van der Waals surface area contributed by atoms with Gasteiger partial charge in [-0.3, -0.25) is 20.3 Å². The molecule has 12 heteroatoms. The average Bonchev–Trinajstić information content (AvgIpc) is 2.75. The average molecular weight is 458 g/mol. The number of nitro groups is 1. The van der Waals surface area contributed by atoms with Crippen molar-refractivity contribution >= 4 is 39.3 Å². The lowest BCUT2D eigenvalue weighted by Gasteiger charge is -2.11. The maximum Gasteiger partial charge on any atom is 0.337 e. The Bertz CT molecular complexity index is 1330. The molecule has 32 heavy (non-hydrogen) atoms. The number of carbonyl (C=O) groups is 1. The van der Waals surface area contributed by atoms with Crippen LogP contribution in [0.5, 0.6) is 0 Å². The molecule has 0 spiro atoms. The van der Waals surface area contributed by atoms with Gasteiger partial charge in [0.1, 0.15) is 11.5 Å². The van der Waals surface area contributed by atoms with E-state index in [-0.39, 0.29) is 22.5 Å². The standard InChI is InChI=1S/C20H15FN4O6S/c21-16-7-3-1-5-13(16)12-22-23-18-10-9-14(11-19(18)25(28)29)32(30,31)24-17-8-4-2-6-15(17)20(26)27/h1-12,23-24H,(H,26,27)/b22-12+. The summed E-state index contributed by atoms with van der Waals surface area (Å²) in [6.07, 6.45) is 1.12. The summed E-state index contributed by atoms with van der Waals surface area (Å²) < 4.78 is 41.1. The Morgan fingerprint density at radius 3 is 2.44 bits per heavy atom. The molecule has 0 radical (unpaired) electrons. The molecule has 0 aliphatic heterocycles. The first-order chi connectivity index (χ1) is 15.2. The Kier molecular flexibility index (Phi) is 6.45. The van der Waals surface area contributed by atoms with Crippen LogP contribution >= 0.6 is 0 Å². The van der Waals surface area contributed by atoms with Gasteiger partial charge in [0.25, 0.3) is 15.7 Å². The van der Waals surface area contributed by atoms with Gasteiger partial charge in [0.2, 0.25) is 0 Å². The molecular formula is C20H15FN4O6S. The number of nitrogens with one attached hydrogen (secondary N) is 2. The second-order valence-corrected chi connectivity index (χ2v) is 7.97. The fraction of sp³-hybridized carbons (Fsp3) is 0. The summed E-state index contributed by atoms with van der Waals surface area (Å²) in [7, 11) is -4.34. The van der Waals surface area contributed by atoms with Gasteiger partial charge in [0.05, 0.1) is 27.3 Å². The van der Waals surface area contributed by atoms with E-state index in [0.29, 0.717) is 0 Å². The maximum atomic E-state index is 13.6. The van der Waals surface area contributed by atoms with Crippen LogP contribution in [0.3, 0.4) is 0 Å². The predicted octanol–water partition coefficient (Wildman–Crippen LogP) is 3.68. The molecule has 0 aromatic heterocycles. The van der Waals surface area contributed by atoms with E-state index in [1.165, 1.54) is 42.5 Å². The SMILES string of the molecule is O=C(O)c1ccccc1NS(=O)(=O)c1ccc(N/N=C/c2ccccc2F)c([N+](=O)[O-])c1. The lowest BCUT2D eigenvalue weighted by Crippen LogP contribution is -2.16. The summed E-state index contributed by atoms with van der Waals surface area (Å²) in [5.41, 5.74) is 1.31. The molecule has 0 aliphatic carbocycles. The third-order valence-corrected chi connectivity index (χ3v) is 5.54. The van der Waals surface area contributed by atoms with E-state index in [4.69, 9.17) is 0 Å². The monoisotopic (exact) mass is 458 g/mol. The Balaban J connectivity index is 1.89. The summed E-state index contributed by atoms with van der Waals surface area (Å²) >= 11 is 0. The summed E-state index contributed by atoms with van der Waals surface area (Å²) in [5, 5.41) is 24.4. The molecule has 3 rings (SSSR count). The van der Waals surface area contributed by atoms with Gasteiger partial charge in [0.15, 0.2) is 0 Å². The summed E-state index contributed by atoms with van der Waals surface area (Å²) in [6.45, 7) is 0. The summed E-state index contributed by atoms with van der Waals surface area (Å²) in [6, 6.07) is 14.1. The molecule has 3 aromatic carbocycles. The Hall–Kier alpha value is -4.32. The maximum absolute atomic E-state index is 13.6. The van der Waals surface area contributed by atoms with Crippen molar-refractivity contribution in [1.29, 1.82) is 0 Å². The van der Waals surface area contributed by atoms with Crippen molar-refractivity contribution in [2.45, 2.75) is 4.90 Å². The van der Waals surface area contributed by atoms with E-state index in [1.54, 1.807) is 6.07 Å². The van der Waals surface area contributed by atoms with Crippen molar-refractivity contribution in [2.24, 2.45) is 5.10 Å². The number of sulfonamides is 1. The molecule has 0 amide bonds. The van der Waals surface area contributed by atoms with Gasteiger partial charge in [0, 0.05) is 11.6 Å². The molecule has 164 valence electrons. The third kappa shape index (κ3) is 5.05. The van der Waals surface area contributed by atoms with Gasteiger partial charge in [-0.15, -0.1) is 0 Å². The minimum atomic E-state index is -4.34. The van der Waals surface area contributed by atoms with Gasteiger partial charge in [-0.05, 0) is 30.3 Å². The number of rotatable bonds is 8. The van der Waals surface area contributed by atoms with Gasteiger partial charge >= 0.3 is 5.97 Å². The van der Waals surface area contributed by atoms with Crippen LogP contribution in [0.25, 0.3) is 0 Å². The summed E-state index contributed by atoms with van der Waals surface area (Å²) in [5.74, 6) is -1.89. The van der Waals surface area contributed by atoms with Crippen LogP contribution in [0, 0.1) is 15.9 Å². The first-order valence-electron chi connectivity index (χ1n) is 8.86. The van der Waals surface area contributed by atoms with Crippen LogP contribution in [-0.4, -0.2) is 30.6 Å². The van der Waals surface area contributed by atoms with Crippen molar-refractivity contribution in [2.75, 3.05) is 10.1 Å². The van der Waals surface area contributed by atoms with Crippen molar-refractivity contribution in [1.82, 2.24) is 0 Å². The number of nitrogens with zero attached hydrogens (tertiary/aromatic N) is 2. The molecule has 0 heterocycles. The molecule has 3 aromatic rings. The fourth-order valence-electron chi connectivity index (χ4n) is 2.64. The lowest BCUT2D eigenvalue weighted by atomic mass is 10.2. The molecule has 0 bridgehead atoms. The normalized spacial score (nSPS) is 11.3. The molecular weight excluding hydrogens is 443 g/mol. The van der Waals surface area contributed by atoms with Gasteiger partial charge in [-0.2, -0.15) is 5.10 Å². The molecule has 0 atom stereocenters. The third-order valence-electron chi connectivity index (χ3n) is 4.17. The zero-order valence-corrected chi connectivity index (χ0v) is 16.9. The molecule has 0 aliphatic rings. The fourth-order valence-corrected chi connectivity index (χ4v) is 3.74. The highest BCUT2D eigenvalue weighted by Crippen LogP contribution is 2.29. The van der Waals surface area contributed by atoms with Gasteiger partial charge < -0.3 is 5.11 Å². The number of hydrogen-bond donors (Lipinski definition) is 3. The molecule has 0 saturated heterocycles. The number of para-hydroxylation sites is 1. The molecule has 3 N–H and O–H groups in total. The number of benzene rings is 3. The molecule has 0 fully saturated rings. The number of anilines is 2. The molecule has 0 saturated carbocycles. The van der Waals surface area contributed by atoms with Crippen LogP contribution in [0.15, 0.2) is 76.7 Å². The highest BCUT2D eigenvalue weighted by molar-refractivity contribution is 7.92. The lowest BCUT2D eigenvalue weighted by molar-refractivity contribution is -0.384. The topological polar surface area (TPSA) is 151 Å². The van der Waals surface area contributed by atoms with E-state index < -0.39 is 37.3 Å². The predicted molar refractivity (Wildman–Crippen MR) is 115 cm³/mol. The van der Waals surface area contributed by atoms with Crippen molar-refractivity contribution in [3.63, 3.8) is 0 Å². The van der Waals surface area contributed by atoms with Crippen molar-refractivity contribution in [3.8, 4) is 0 Å². The number of carboxylic acid groups (broad SMARTS) is 1. The van der Waals surface area contributed by atoms with Crippen molar-refractivity contribution < 1.29 is 27.6 Å². The van der Waals surface area contributed by atoms with Gasteiger partial charge in [-0.1, -0.05) is 30.3 Å². The Morgan fingerprint density at radius 2 is 1.75 bits per heavy atom. The number of hydrogen-bond acceptors (Lipinski definition) is 7. The molecule has 0 unspecified atom stereocenters. The van der Waals surface area contributed by atoms with E-state index >= 15 is 0 Å². The Labute approximate surface area is 181 Å². The number of nitro benzene ring substituents is 1. The van der Waals surface area contributed by atoms with Crippen LogP contribution in [0.1, 0.15) is 15.9 Å². The largest absolute Gasteiger partial charge is 0.478 e. The van der Waals surface area contributed by atoms with E-state index in [1.807, 2.05) is 0 Å². The number of aromatic carboxylic acids is 1. The van der Waals surface area contributed by atoms with E-state index in [9.17, 15) is 32.8 Å². The second kappa shape index (κ2) is 9.22. The zero-order valence-electron chi connectivity index (χ0n) is 16.1. The minimum absolute atomic E-state index is 0.132. The van der Waals surface area contributed by atoms with E-state index in [2.05, 4.69) is 15.2 Å². The zero-order chi connectivity index (χ0) is 23.3. The van der Waals surface area contributed by atoms with Crippen LogP contribution in [0.4, 0.5) is 21.5 Å². The highest BCUT2D eigenvalue weighted by Gasteiger charge is 2.23. The van der Waals surface area contributed by atoms with Gasteiger partial charge in [-0.25, -0.2) is 17.6 Å². The number of halogens is 1. The van der Waals surface area contributed by atoms with E-state index in [0.717, 1.165) is 24.4 Å². The first kappa shape index (κ1) is 22.4. The number of carboxylic acids is 1. The minimum Gasteiger partial charge on any atom is -0.478 e. The number of hydrazone groups is 1. The smallest absolute Gasteiger partial charge is 0.337 e. The highest BCUT2D eigenvalue weighted by atomic mass is 32.2. The summed E-state index contributed by atoms with van der Waals surface area (Å²) in [4.78, 5) is 21.5. The van der Waals surface area contributed by atoms with Crippen LogP contribution in [0.2, 0.25) is 0 Å². The quantitative estimate of drug-likeness (QED) is 0.265.